The molecule has 5 aliphatic heterocycles. The highest BCUT2D eigenvalue weighted by atomic mass is 35.5. The Morgan fingerprint density at radius 3 is 1.15 bits per heavy atom. The van der Waals surface area contributed by atoms with E-state index in [1.54, 1.807) is 61.3 Å². The summed E-state index contributed by atoms with van der Waals surface area (Å²) in [5.41, 5.74) is 9.16. The lowest BCUT2D eigenvalue weighted by Crippen LogP contribution is -2.71. The van der Waals surface area contributed by atoms with Crippen LogP contribution in [-0.4, -0.2) is 162 Å². The fourth-order valence-electron chi connectivity index (χ4n) is 14.4. The molecule has 9 heterocycles. The number of amides is 3. The third-order valence-corrected chi connectivity index (χ3v) is 21.5. The van der Waals surface area contributed by atoms with E-state index in [-0.39, 0.29) is 44.1 Å². The first-order valence-electron chi connectivity index (χ1n) is 35.7. The van der Waals surface area contributed by atoms with Crippen LogP contribution in [0.1, 0.15) is 114 Å². The molecule has 5 saturated heterocycles. The average Bonchev–Trinajstić information content (AvgIpc) is 1.10. The molecule has 5 aromatic carbocycles. The van der Waals surface area contributed by atoms with Crippen molar-refractivity contribution in [2.75, 3.05) is 110 Å². The summed E-state index contributed by atoms with van der Waals surface area (Å²) < 4.78 is 0. The molecule has 3 spiro atoms. The first-order valence-corrected chi connectivity index (χ1v) is 36.9. The molecule has 0 unspecified atom stereocenters. The Balaban J connectivity index is 0.000000141. The van der Waals surface area contributed by atoms with E-state index in [0.717, 1.165) is 106 Å². The van der Waals surface area contributed by atoms with Crippen LogP contribution in [-0.2, 0) is 59.1 Å². The van der Waals surface area contributed by atoms with Crippen LogP contribution in [0.2, 0.25) is 15.1 Å². The molecule has 25 nitrogen and oxygen atoms in total. The van der Waals surface area contributed by atoms with Gasteiger partial charge in [0.1, 0.15) is 40.0 Å². The second-order valence-electron chi connectivity index (χ2n) is 28.7. The van der Waals surface area contributed by atoms with Gasteiger partial charge in [-0.15, -0.1) is 0 Å². The number of carbonyl (C=O) groups is 3. The number of nitrogens with one attached hydrogen (secondary N) is 6. The van der Waals surface area contributed by atoms with Crippen LogP contribution in [0.3, 0.4) is 0 Å². The van der Waals surface area contributed by atoms with Crippen LogP contribution in [0, 0.1) is 16.2 Å². The van der Waals surface area contributed by atoms with Crippen LogP contribution < -0.4 is 46.6 Å². The van der Waals surface area contributed by atoms with Crippen molar-refractivity contribution in [3.63, 3.8) is 0 Å². The van der Waals surface area contributed by atoms with E-state index in [9.17, 15) is 29.7 Å². The monoisotopic (exact) mass is 1490 g/mol. The summed E-state index contributed by atoms with van der Waals surface area (Å²) in [6.45, 7) is 12.0. The molecule has 1 saturated carbocycles. The fraction of sp³-hybridized carbons (Fsp3) is 0.372. The zero-order chi connectivity index (χ0) is 73.8. The van der Waals surface area contributed by atoms with Gasteiger partial charge in [0.25, 0.3) is 17.7 Å². The molecular formula is C78H88Cl3N19O6. The molecule has 106 heavy (non-hydrogen) atoms. The van der Waals surface area contributed by atoms with E-state index in [4.69, 9.17) is 49.8 Å². The number of likely N-dealkylation sites (tertiary alicyclic amines) is 2. The Kier molecular flexibility index (Phi) is 23.8. The highest BCUT2D eigenvalue weighted by Gasteiger charge is 2.52. The lowest BCUT2D eigenvalue weighted by molar-refractivity contribution is -0.00323. The van der Waals surface area contributed by atoms with E-state index in [0.29, 0.717) is 139 Å². The van der Waals surface area contributed by atoms with Crippen molar-refractivity contribution in [2.45, 2.75) is 91.2 Å². The third kappa shape index (κ3) is 18.6. The molecule has 552 valence electrons. The summed E-state index contributed by atoms with van der Waals surface area (Å²) in [7, 11) is 4.30. The van der Waals surface area contributed by atoms with Crippen molar-refractivity contribution >= 4 is 87.8 Å². The second-order valence-corrected chi connectivity index (χ2v) is 29.9. The Morgan fingerprint density at radius 1 is 0.396 bits per heavy atom. The highest BCUT2D eigenvalue weighted by Crippen LogP contribution is 2.53. The minimum atomic E-state index is -0.319. The van der Waals surface area contributed by atoms with Gasteiger partial charge in [-0.2, -0.15) is 15.0 Å². The second kappa shape index (κ2) is 33.8. The van der Waals surface area contributed by atoms with Crippen molar-refractivity contribution in [1.29, 1.82) is 0 Å². The normalized spacial score (nSPS) is 16.5. The van der Waals surface area contributed by atoms with Gasteiger partial charge in [0.2, 0.25) is 17.8 Å². The lowest BCUT2D eigenvalue weighted by atomic mass is 9.72. The minimum absolute atomic E-state index is 0.106. The molecule has 9 aromatic rings. The maximum Gasteiger partial charge on any atom is 0.256 e. The van der Waals surface area contributed by atoms with Crippen LogP contribution in [0.5, 0.6) is 0 Å². The van der Waals surface area contributed by atoms with Gasteiger partial charge >= 0.3 is 0 Å². The van der Waals surface area contributed by atoms with Crippen molar-refractivity contribution in [3.8, 4) is 0 Å². The summed E-state index contributed by atoms with van der Waals surface area (Å²) in [5.74, 6) is 3.05. The molecule has 6 aliphatic rings. The largest absolute Gasteiger partial charge is 0.392 e. The lowest BCUT2D eigenvalue weighted by Gasteiger charge is -2.59. The number of aliphatic hydroxyl groups is 3. The van der Waals surface area contributed by atoms with Crippen LogP contribution in [0.25, 0.3) is 0 Å². The number of aliphatic hydroxyl groups excluding tert-OH is 3. The summed E-state index contributed by atoms with van der Waals surface area (Å²) in [6, 6.07) is 37.8. The van der Waals surface area contributed by atoms with Gasteiger partial charge in [0.15, 0.2) is 0 Å². The zero-order valence-electron chi connectivity index (χ0n) is 59.4. The number of aromatic nitrogens is 8. The van der Waals surface area contributed by atoms with Crippen molar-refractivity contribution in [2.24, 2.45) is 16.2 Å². The van der Waals surface area contributed by atoms with Crippen molar-refractivity contribution in [1.82, 2.24) is 65.6 Å². The zero-order valence-corrected chi connectivity index (χ0v) is 61.7. The average molecular weight is 1490 g/mol. The Morgan fingerprint density at radius 2 is 0.764 bits per heavy atom. The number of carbonyl (C=O) groups excluding carboxylic acids is 3. The molecule has 0 atom stereocenters. The Labute approximate surface area is 631 Å². The standard InChI is InChI=1S/C28H33ClN6O2.C26H28ClN5O2.C24H27ClN8O2/c1-34-18-28(19-34)9-11-35(12-10-28)27-32-16-23(26(37)31-14-20-5-3-2-4-6-20)25(33-27)30-15-21-7-8-22(17-36)24(29)13-21;27-22-12-19(6-7-20(22)16-33)14-28-23-21(24(34)29-13-18-4-2-1-3-5-18)15-30-25(31-23)32-11-10-26(17-32)8-9-26;1-32-12-24(13-32)14-33(15-24)23-30-9-18(22(35)29-10-20-26-5-2-6-27-20)21(31-23)28-8-16-3-4-17(11-34)19(25)7-16/h2-8,13,16,36H,9-12,14-15,17-19H2,1H3,(H,31,37)(H,30,32,33);1-7,12,15,33H,8-11,13-14,16-17H2,(H,29,34)(H,28,30,31);2-7,9,34H,8,10-15H2,1H3,(H,29,35)(H,28,30,31). The number of piperidine rings is 1. The van der Waals surface area contributed by atoms with Crippen molar-refractivity contribution in [3.05, 3.63) is 234 Å². The minimum Gasteiger partial charge on any atom is -0.392 e. The quantitative estimate of drug-likeness (QED) is 0.0272. The van der Waals surface area contributed by atoms with Crippen LogP contribution in [0.4, 0.5) is 35.3 Å². The number of halogens is 3. The van der Waals surface area contributed by atoms with E-state index >= 15 is 0 Å². The molecule has 0 bridgehead atoms. The van der Waals surface area contributed by atoms with Gasteiger partial charge in [-0.25, -0.2) is 24.9 Å². The van der Waals surface area contributed by atoms with Crippen LogP contribution >= 0.6 is 34.8 Å². The fourth-order valence-corrected chi connectivity index (χ4v) is 15.2. The number of rotatable bonds is 24. The molecule has 0 radical (unpaired) electrons. The predicted molar refractivity (Wildman–Crippen MR) is 411 cm³/mol. The molecule has 6 fully saturated rings. The molecule has 9 N–H and O–H groups in total. The number of nitrogens with zero attached hydrogens (tertiary/aromatic N) is 13. The predicted octanol–water partition coefficient (Wildman–Crippen LogP) is 9.56. The topological polar surface area (TPSA) is 303 Å². The van der Waals surface area contributed by atoms with Crippen LogP contribution in [0.15, 0.2) is 152 Å². The smallest absolute Gasteiger partial charge is 0.256 e. The Bertz CT molecular complexity index is 4540. The van der Waals surface area contributed by atoms with Gasteiger partial charge in [-0.05, 0) is 126 Å². The molecule has 15 rings (SSSR count). The summed E-state index contributed by atoms with van der Waals surface area (Å²) in [5, 5.41) is 48.3. The maximum absolute atomic E-state index is 13.1. The third-order valence-electron chi connectivity index (χ3n) is 20.5. The van der Waals surface area contributed by atoms with E-state index in [1.165, 1.54) is 19.3 Å². The summed E-state index contributed by atoms with van der Waals surface area (Å²) >= 11 is 18.8. The van der Waals surface area contributed by atoms with Gasteiger partial charge < -0.3 is 71.7 Å². The van der Waals surface area contributed by atoms with E-state index in [2.05, 4.69) is 95.4 Å². The number of anilines is 6. The van der Waals surface area contributed by atoms with Gasteiger partial charge in [0.05, 0.1) is 26.4 Å². The molecular weight excluding hydrogens is 1410 g/mol. The number of hydrogen-bond acceptors (Lipinski definition) is 22. The van der Waals surface area contributed by atoms with Gasteiger partial charge in [-0.1, -0.05) is 132 Å². The summed E-state index contributed by atoms with van der Waals surface area (Å²) in [4.78, 5) is 86.6. The maximum atomic E-state index is 13.1. The van der Waals surface area contributed by atoms with Gasteiger partial charge in [0, 0.05) is 150 Å². The SMILES string of the molecule is CN1CC2(C1)CN(c1ncc(C(=O)NCc3ncccn3)c(NCc3ccc(CO)c(Cl)c3)n1)C2.CN1CC2(CCN(c3ncc(C(=O)NCc4ccccc4)c(NCc4ccc(CO)c(Cl)c4)n3)CC2)C1.O=C(NCc1ccccc1)c1cnc(N2CCC3(CC3)C2)nc1NCc1ccc(CO)c(Cl)c1. The Hall–Kier alpha value is -9.70. The van der Waals surface area contributed by atoms with E-state index < -0.39 is 0 Å². The molecule has 28 heteroatoms. The molecule has 1 aliphatic carbocycles. The molecule has 3 amide bonds. The van der Waals surface area contributed by atoms with Crippen molar-refractivity contribution < 1.29 is 29.7 Å². The number of benzene rings is 5. The van der Waals surface area contributed by atoms with Gasteiger partial charge in [-0.3, -0.25) is 14.4 Å². The number of hydrogen-bond donors (Lipinski definition) is 9. The summed E-state index contributed by atoms with van der Waals surface area (Å²) in [6.07, 6.45) is 14.0. The first kappa shape index (κ1) is 74.6. The molecule has 4 aromatic heterocycles. The van der Waals surface area contributed by atoms with E-state index in [1.807, 2.05) is 91.0 Å². The first-order chi connectivity index (χ1) is 51.4. The highest BCUT2D eigenvalue weighted by molar-refractivity contribution is 6.32.